The lowest BCUT2D eigenvalue weighted by molar-refractivity contribution is 0.102. The lowest BCUT2D eigenvalue weighted by Gasteiger charge is -2.24. The molecule has 6 rings (SSSR count). The van der Waals surface area contributed by atoms with Gasteiger partial charge in [0.05, 0.1) is 54.2 Å². The van der Waals surface area contributed by atoms with Crippen LogP contribution in [0, 0.1) is 12.8 Å². The average molecular weight is 606 g/mol. The number of anilines is 3. The van der Waals surface area contributed by atoms with Crippen LogP contribution in [-0.2, 0) is 27.4 Å². The molecule has 3 aromatic rings. The van der Waals surface area contributed by atoms with Gasteiger partial charge in [-0.1, -0.05) is 33.8 Å². The lowest BCUT2D eigenvalue weighted by Crippen LogP contribution is -2.37. The van der Waals surface area contributed by atoms with Gasteiger partial charge in [-0.05, 0) is 66.5 Å². The standard InChI is InChI=1S/C31H39N7O4S/c1-18-8-9-20(29(39)33-22-13-21(30(3,4)5)14-23(28(22)42-6)35-43(7,40)41)12-25(18)37-17-24(34-36-37)26-16-32-27-10-11-31(38(26)27)15-19(31)2/h8-9,12-14,16-17,19,34-36H,10-11,15H2,1-7H3,(H,33,39)/t19-,31+/m0/s1. The molecule has 0 saturated heterocycles. The number of benzene rings is 2. The smallest absolute Gasteiger partial charge is 0.255 e. The molecule has 2 aliphatic heterocycles. The minimum atomic E-state index is -3.59. The van der Waals surface area contributed by atoms with Crippen LogP contribution in [0.5, 0.6) is 5.75 Å². The van der Waals surface area contributed by atoms with Gasteiger partial charge >= 0.3 is 0 Å². The van der Waals surface area contributed by atoms with E-state index in [-0.39, 0.29) is 28.3 Å². The Kier molecular flexibility index (Phi) is 6.77. The molecule has 43 heavy (non-hydrogen) atoms. The van der Waals surface area contributed by atoms with Gasteiger partial charge in [0, 0.05) is 17.5 Å². The second-order valence-corrected chi connectivity index (χ2v) is 14.7. The average Bonchev–Trinajstić information content (AvgIpc) is 3.33. The number of hydrogen-bond donors (Lipinski definition) is 4. The number of rotatable bonds is 7. The number of hydrazine groups is 2. The fraction of sp³-hybridized carbons (Fsp3) is 0.419. The van der Waals surface area contributed by atoms with Crippen LogP contribution in [0.2, 0.25) is 0 Å². The van der Waals surface area contributed by atoms with Crippen LogP contribution < -0.4 is 30.7 Å². The van der Waals surface area contributed by atoms with Crippen molar-refractivity contribution < 1.29 is 17.9 Å². The van der Waals surface area contributed by atoms with Crippen molar-refractivity contribution in [3.63, 3.8) is 0 Å². The van der Waals surface area contributed by atoms with Crippen molar-refractivity contribution in [2.45, 2.75) is 64.8 Å². The molecular weight excluding hydrogens is 566 g/mol. The van der Waals surface area contributed by atoms with Gasteiger partial charge in [-0.3, -0.25) is 20.0 Å². The normalized spacial score (nSPS) is 21.0. The predicted molar refractivity (Wildman–Crippen MR) is 168 cm³/mol. The van der Waals surface area contributed by atoms with Crippen LogP contribution in [0.4, 0.5) is 17.1 Å². The quantitative estimate of drug-likeness (QED) is 0.307. The zero-order chi connectivity index (χ0) is 30.9. The first-order chi connectivity index (χ1) is 20.2. The van der Waals surface area contributed by atoms with Gasteiger partial charge in [0.2, 0.25) is 10.0 Å². The van der Waals surface area contributed by atoms with Gasteiger partial charge in [-0.15, -0.1) is 5.53 Å². The number of hydrogen-bond acceptors (Lipinski definition) is 8. The number of methoxy groups -OCH3 is 1. The zero-order valence-corrected chi connectivity index (χ0v) is 26.4. The third-order valence-electron chi connectivity index (χ3n) is 8.76. The summed E-state index contributed by atoms with van der Waals surface area (Å²) in [4.78, 5) is 18.3. The maximum Gasteiger partial charge on any atom is 0.255 e. The van der Waals surface area contributed by atoms with Crippen LogP contribution in [-0.4, -0.2) is 37.2 Å². The zero-order valence-electron chi connectivity index (χ0n) is 25.6. The van der Waals surface area contributed by atoms with Crippen molar-refractivity contribution in [2.24, 2.45) is 5.92 Å². The molecule has 228 valence electrons. The Morgan fingerprint density at radius 2 is 1.91 bits per heavy atom. The first-order valence-corrected chi connectivity index (χ1v) is 16.3. The number of aromatic nitrogens is 2. The summed E-state index contributed by atoms with van der Waals surface area (Å²) in [6, 6.07) is 9.03. The molecule has 3 aliphatic rings. The number of fused-ring (bicyclic) bond motifs is 2. The molecule has 1 aromatic heterocycles. The highest BCUT2D eigenvalue weighted by atomic mass is 32.2. The van der Waals surface area contributed by atoms with Crippen molar-refractivity contribution in [3.8, 4) is 5.75 Å². The highest BCUT2D eigenvalue weighted by molar-refractivity contribution is 7.92. The van der Waals surface area contributed by atoms with E-state index in [4.69, 9.17) is 9.72 Å². The summed E-state index contributed by atoms with van der Waals surface area (Å²) in [5, 5.41) is 4.82. The third kappa shape index (κ3) is 5.22. The minimum Gasteiger partial charge on any atom is -0.492 e. The Bertz CT molecular complexity index is 1770. The third-order valence-corrected chi connectivity index (χ3v) is 9.35. The number of carbonyl (C=O) groups excluding carboxylic acids is 1. The summed E-state index contributed by atoms with van der Waals surface area (Å²) in [6.07, 6.45) is 8.33. The van der Waals surface area contributed by atoms with E-state index >= 15 is 0 Å². The molecule has 1 aliphatic carbocycles. The maximum atomic E-state index is 13.6. The summed E-state index contributed by atoms with van der Waals surface area (Å²) in [6.45, 7) is 10.3. The number of sulfonamides is 1. The van der Waals surface area contributed by atoms with Crippen molar-refractivity contribution in [1.82, 2.24) is 20.5 Å². The summed E-state index contributed by atoms with van der Waals surface area (Å²) < 4.78 is 34.7. The van der Waals surface area contributed by atoms with E-state index in [0.29, 0.717) is 17.2 Å². The number of carbonyl (C=O) groups is 1. The lowest BCUT2D eigenvalue weighted by atomic mass is 9.86. The number of aryl methyl sites for hydroxylation is 2. The van der Waals surface area contributed by atoms with Gasteiger partial charge in [0.15, 0.2) is 5.75 Å². The van der Waals surface area contributed by atoms with E-state index in [9.17, 15) is 13.2 Å². The van der Waals surface area contributed by atoms with Crippen molar-refractivity contribution >= 4 is 38.7 Å². The molecule has 11 nitrogen and oxygen atoms in total. The molecular formula is C31H39N7O4S. The molecule has 0 radical (unpaired) electrons. The number of nitrogens with one attached hydrogen (secondary N) is 4. The fourth-order valence-corrected chi connectivity index (χ4v) is 6.80. The monoisotopic (exact) mass is 605 g/mol. The number of imidazole rings is 1. The van der Waals surface area contributed by atoms with E-state index in [1.54, 1.807) is 12.1 Å². The van der Waals surface area contributed by atoms with E-state index in [2.05, 4.69) is 32.5 Å². The predicted octanol–water partition coefficient (Wildman–Crippen LogP) is 4.63. The second-order valence-electron chi connectivity index (χ2n) is 12.9. The first-order valence-electron chi connectivity index (χ1n) is 14.4. The molecule has 1 spiro atoms. The van der Waals surface area contributed by atoms with Gasteiger partial charge in [-0.25, -0.2) is 13.4 Å². The Labute approximate surface area is 252 Å². The van der Waals surface area contributed by atoms with Crippen molar-refractivity contribution in [2.75, 3.05) is 28.4 Å². The van der Waals surface area contributed by atoms with Crippen molar-refractivity contribution in [1.29, 1.82) is 0 Å². The topological polar surface area (TPSA) is 130 Å². The Hall–Kier alpha value is -4.03. The summed E-state index contributed by atoms with van der Waals surface area (Å²) in [5.41, 5.74) is 12.0. The molecule has 3 heterocycles. The number of nitrogens with zero attached hydrogens (tertiary/aromatic N) is 3. The highest BCUT2D eigenvalue weighted by Gasteiger charge is 2.57. The van der Waals surface area contributed by atoms with Crippen LogP contribution in [0.15, 0.2) is 42.7 Å². The van der Waals surface area contributed by atoms with Gasteiger partial charge in [-0.2, -0.15) is 0 Å². The van der Waals surface area contributed by atoms with E-state index in [0.717, 1.165) is 53.1 Å². The van der Waals surface area contributed by atoms with Crippen LogP contribution in [0.1, 0.15) is 73.5 Å². The molecule has 4 N–H and O–H groups in total. The van der Waals surface area contributed by atoms with E-state index < -0.39 is 10.0 Å². The van der Waals surface area contributed by atoms with Crippen LogP contribution >= 0.6 is 0 Å². The summed E-state index contributed by atoms with van der Waals surface area (Å²) >= 11 is 0. The molecule has 1 saturated carbocycles. The molecule has 0 bridgehead atoms. The molecule has 12 heteroatoms. The summed E-state index contributed by atoms with van der Waals surface area (Å²) in [5.74, 6) is 1.65. The van der Waals surface area contributed by atoms with Crippen LogP contribution in [0.25, 0.3) is 5.70 Å². The molecule has 2 aromatic carbocycles. The maximum absolute atomic E-state index is 13.6. The number of amides is 1. The molecule has 2 atom stereocenters. The fourth-order valence-electron chi connectivity index (χ4n) is 6.25. The SMILES string of the molecule is COc1c(NC(=O)c2ccc(C)c(N3C=C(c4cnc5n4[C@]4(CC5)C[C@@H]4C)NN3)c2)cc(C(C)(C)C)cc1NS(C)(=O)=O. The van der Waals surface area contributed by atoms with Gasteiger partial charge in [0.25, 0.3) is 5.91 Å². The first kappa shape index (κ1) is 29.1. The molecule has 1 fully saturated rings. The van der Waals surface area contributed by atoms with E-state index in [1.165, 1.54) is 13.5 Å². The largest absolute Gasteiger partial charge is 0.492 e. The molecule has 0 unspecified atom stereocenters. The second kappa shape index (κ2) is 10.0. The van der Waals surface area contributed by atoms with Crippen molar-refractivity contribution in [3.05, 3.63) is 70.9 Å². The van der Waals surface area contributed by atoms with E-state index in [1.807, 2.05) is 63.3 Å². The van der Waals surface area contributed by atoms with Gasteiger partial charge in [0.1, 0.15) is 5.82 Å². The highest BCUT2D eigenvalue weighted by Crippen LogP contribution is 2.57. The van der Waals surface area contributed by atoms with Crippen LogP contribution in [0.3, 0.4) is 0 Å². The summed E-state index contributed by atoms with van der Waals surface area (Å²) in [7, 11) is -2.15. The minimum absolute atomic E-state index is 0.188. The Balaban J connectivity index is 1.30. The Morgan fingerprint density at radius 1 is 1.19 bits per heavy atom. The Morgan fingerprint density at radius 3 is 2.56 bits per heavy atom. The molecule has 1 amide bonds. The number of ether oxygens (including phenoxy) is 1. The van der Waals surface area contributed by atoms with Gasteiger partial charge < -0.3 is 14.6 Å².